The van der Waals surface area contributed by atoms with Crippen molar-refractivity contribution in [3.05, 3.63) is 29.6 Å². The van der Waals surface area contributed by atoms with E-state index in [-0.39, 0.29) is 36.4 Å². The molecule has 240 valence electrons. The van der Waals surface area contributed by atoms with Crippen LogP contribution >= 0.6 is 0 Å². The Morgan fingerprint density at radius 3 is 2.19 bits per heavy atom. The second kappa shape index (κ2) is 15.5. The molecule has 0 radical (unpaired) electrons. The van der Waals surface area contributed by atoms with Crippen molar-refractivity contribution in [2.75, 3.05) is 6.54 Å². The van der Waals surface area contributed by atoms with Gasteiger partial charge >= 0.3 is 12.3 Å². The summed E-state index contributed by atoms with van der Waals surface area (Å²) in [5, 5.41) is 32.2. The third-order valence-corrected chi connectivity index (χ3v) is 6.57. The van der Waals surface area contributed by atoms with Gasteiger partial charge in [-0.15, -0.1) is 0 Å². The van der Waals surface area contributed by atoms with Gasteiger partial charge in [-0.2, -0.15) is 13.2 Å². The number of carboxylic acid groups (broad SMARTS) is 1. The number of amides is 5. The number of rotatable bonds is 14. The van der Waals surface area contributed by atoms with Crippen molar-refractivity contribution in [1.82, 2.24) is 31.6 Å². The highest BCUT2D eigenvalue weighted by atomic mass is 19.4. The van der Waals surface area contributed by atoms with E-state index in [1.807, 2.05) is 5.32 Å². The van der Waals surface area contributed by atoms with E-state index in [0.29, 0.717) is 13.0 Å². The number of aliphatic hydroxyl groups excluding tert-OH is 1. The first-order valence-electron chi connectivity index (χ1n) is 13.9. The molecule has 0 spiro atoms. The molecule has 7 N–H and O–H groups in total. The number of nitrogens with one attached hydrogen (secondary N) is 5. The first kappa shape index (κ1) is 35.2. The molecule has 43 heavy (non-hydrogen) atoms. The fraction of sp³-hybridized carbons (Fsp3) is 0.630. The van der Waals surface area contributed by atoms with Crippen LogP contribution in [0.1, 0.15) is 58.3 Å². The Morgan fingerprint density at radius 1 is 1.00 bits per heavy atom. The lowest BCUT2D eigenvalue weighted by Gasteiger charge is -2.29. The van der Waals surface area contributed by atoms with Gasteiger partial charge in [-0.05, 0) is 51.2 Å². The highest BCUT2D eigenvalue weighted by Gasteiger charge is 2.37. The Balaban J connectivity index is 2.28. The first-order chi connectivity index (χ1) is 20.0. The summed E-state index contributed by atoms with van der Waals surface area (Å²) in [6.07, 6.45) is -8.29. The average Bonchev–Trinajstić information content (AvgIpc) is 3.29. The maximum absolute atomic E-state index is 13.4. The van der Waals surface area contributed by atoms with E-state index >= 15 is 0 Å². The predicted molar refractivity (Wildman–Crippen MR) is 146 cm³/mol. The summed E-state index contributed by atoms with van der Waals surface area (Å²) in [6.45, 7) is 7.23. The first-order valence-corrected chi connectivity index (χ1v) is 13.9. The number of carbonyl (C=O) groups excluding carboxylic acids is 4. The van der Waals surface area contributed by atoms with Gasteiger partial charge in [0.2, 0.25) is 17.7 Å². The fourth-order valence-corrected chi connectivity index (χ4v) is 4.57. The van der Waals surface area contributed by atoms with Crippen molar-refractivity contribution >= 4 is 29.7 Å². The van der Waals surface area contributed by atoms with Crippen molar-refractivity contribution in [1.29, 1.82) is 0 Å². The van der Waals surface area contributed by atoms with E-state index in [9.17, 15) is 47.4 Å². The third kappa shape index (κ3) is 11.3. The van der Waals surface area contributed by atoms with Crippen LogP contribution in [0.2, 0.25) is 0 Å². The Kier molecular flexibility index (Phi) is 12.7. The van der Waals surface area contributed by atoms with Crippen molar-refractivity contribution in [2.45, 2.75) is 89.8 Å². The summed E-state index contributed by atoms with van der Waals surface area (Å²) in [6, 6.07) is -1.45. The standard InChI is InChI=1S/C27H39F3N6O7/c1-13(2)10-18(23(39)34-17(11-15-8-9-31-22(15)38)21(37)25(41)32-14(3)4)35-24(40)19(36-26(42)43)12-16-6-5-7-20(33-16)27(28,29)30/h5-7,13-15,17-19,21,36-37H,8-12H2,1-4H3,(H,31,38)(H,32,41)(H,34,39)(H,35,40)(H,42,43)/t15-,17?,18?,19?,21?/m0/s1. The molecule has 2 rings (SSSR count). The molecule has 0 bridgehead atoms. The highest BCUT2D eigenvalue weighted by Crippen LogP contribution is 2.27. The maximum Gasteiger partial charge on any atom is 0.433 e. The molecule has 1 aliphatic rings. The van der Waals surface area contributed by atoms with E-state index in [2.05, 4.69) is 26.3 Å². The second-order valence-electron chi connectivity index (χ2n) is 11.1. The number of halogens is 3. The number of aliphatic hydroxyl groups is 1. The topological polar surface area (TPSA) is 199 Å². The molecule has 4 unspecified atom stereocenters. The zero-order valence-electron chi connectivity index (χ0n) is 24.3. The number of nitrogens with zero attached hydrogens (tertiary/aromatic N) is 1. The van der Waals surface area contributed by atoms with E-state index in [1.165, 1.54) is 6.07 Å². The van der Waals surface area contributed by atoms with Gasteiger partial charge in [-0.1, -0.05) is 19.9 Å². The number of hydrogen-bond acceptors (Lipinski definition) is 7. The van der Waals surface area contributed by atoms with E-state index < -0.39 is 72.3 Å². The highest BCUT2D eigenvalue weighted by molar-refractivity contribution is 5.92. The number of carbonyl (C=O) groups is 5. The van der Waals surface area contributed by atoms with Gasteiger partial charge in [-0.25, -0.2) is 9.78 Å². The Hall–Kier alpha value is -3.95. The molecular formula is C27H39F3N6O7. The Morgan fingerprint density at radius 2 is 1.65 bits per heavy atom. The minimum Gasteiger partial charge on any atom is -0.465 e. The van der Waals surface area contributed by atoms with E-state index in [1.54, 1.807) is 27.7 Å². The lowest BCUT2D eigenvalue weighted by atomic mass is 9.93. The summed E-state index contributed by atoms with van der Waals surface area (Å²) >= 11 is 0. The van der Waals surface area contributed by atoms with Crippen LogP contribution in [0.3, 0.4) is 0 Å². The maximum atomic E-state index is 13.4. The summed E-state index contributed by atoms with van der Waals surface area (Å²) in [5.74, 6) is -3.66. The van der Waals surface area contributed by atoms with Gasteiger partial charge in [0, 0.05) is 30.6 Å². The lowest BCUT2D eigenvalue weighted by Crippen LogP contribution is -2.58. The molecule has 13 nitrogen and oxygen atoms in total. The minimum atomic E-state index is -4.76. The molecule has 1 aromatic rings. The van der Waals surface area contributed by atoms with Crippen molar-refractivity contribution in [3.8, 4) is 0 Å². The van der Waals surface area contributed by atoms with Crippen molar-refractivity contribution in [2.24, 2.45) is 11.8 Å². The monoisotopic (exact) mass is 616 g/mol. The molecule has 16 heteroatoms. The van der Waals surface area contributed by atoms with Gasteiger partial charge in [0.05, 0.1) is 6.04 Å². The van der Waals surface area contributed by atoms with E-state index in [0.717, 1.165) is 12.1 Å². The molecule has 1 fully saturated rings. The molecule has 5 amide bonds. The summed E-state index contributed by atoms with van der Waals surface area (Å²) < 4.78 is 39.4. The normalized spacial score (nSPS) is 17.9. The number of pyridine rings is 1. The Labute approximate surface area is 246 Å². The molecule has 2 heterocycles. The third-order valence-electron chi connectivity index (χ3n) is 6.57. The van der Waals surface area contributed by atoms with Crippen molar-refractivity contribution < 1.29 is 47.4 Å². The molecule has 1 aromatic heterocycles. The number of hydrogen-bond donors (Lipinski definition) is 7. The van der Waals surface area contributed by atoms with Crippen LogP contribution in [-0.4, -0.2) is 81.7 Å². The largest absolute Gasteiger partial charge is 0.465 e. The van der Waals surface area contributed by atoms with Crippen LogP contribution in [0, 0.1) is 11.8 Å². The summed E-state index contributed by atoms with van der Waals surface area (Å²) in [5.41, 5.74) is -1.44. The van der Waals surface area contributed by atoms with Gasteiger partial charge < -0.3 is 36.8 Å². The molecule has 0 saturated carbocycles. The van der Waals surface area contributed by atoms with Crippen LogP contribution in [0.5, 0.6) is 0 Å². The van der Waals surface area contributed by atoms with Crippen LogP contribution in [-0.2, 0) is 31.8 Å². The molecule has 0 aliphatic carbocycles. The second-order valence-corrected chi connectivity index (χ2v) is 11.1. The lowest BCUT2D eigenvalue weighted by molar-refractivity contribution is -0.141. The van der Waals surface area contributed by atoms with Gasteiger partial charge in [0.15, 0.2) is 6.10 Å². The Bertz CT molecular complexity index is 1160. The molecule has 5 atom stereocenters. The van der Waals surface area contributed by atoms with Crippen LogP contribution in [0.4, 0.5) is 18.0 Å². The van der Waals surface area contributed by atoms with Crippen LogP contribution < -0.4 is 26.6 Å². The summed E-state index contributed by atoms with van der Waals surface area (Å²) in [7, 11) is 0. The average molecular weight is 617 g/mol. The SMILES string of the molecule is CC(C)CC(NC(=O)C(Cc1cccc(C(F)(F)F)n1)NC(=O)O)C(=O)NC(C[C@@H]1CCNC1=O)C(O)C(=O)NC(C)C. The van der Waals surface area contributed by atoms with Gasteiger partial charge in [-0.3, -0.25) is 19.2 Å². The van der Waals surface area contributed by atoms with Crippen molar-refractivity contribution in [3.63, 3.8) is 0 Å². The molecule has 0 aromatic carbocycles. The zero-order valence-corrected chi connectivity index (χ0v) is 24.3. The number of aromatic nitrogens is 1. The number of alkyl halides is 3. The van der Waals surface area contributed by atoms with Gasteiger partial charge in [0.1, 0.15) is 17.8 Å². The molecule has 1 saturated heterocycles. The smallest absolute Gasteiger partial charge is 0.433 e. The summed E-state index contributed by atoms with van der Waals surface area (Å²) in [4.78, 5) is 66.3. The zero-order chi connectivity index (χ0) is 32.5. The minimum absolute atomic E-state index is 0.0457. The molecule has 1 aliphatic heterocycles. The van der Waals surface area contributed by atoms with E-state index in [4.69, 9.17) is 0 Å². The molecular weight excluding hydrogens is 577 g/mol. The van der Waals surface area contributed by atoms with Crippen LogP contribution in [0.25, 0.3) is 0 Å². The van der Waals surface area contributed by atoms with Crippen LogP contribution in [0.15, 0.2) is 18.2 Å². The fourth-order valence-electron chi connectivity index (χ4n) is 4.57. The van der Waals surface area contributed by atoms with Gasteiger partial charge in [0.25, 0.3) is 5.91 Å². The quantitative estimate of drug-likeness (QED) is 0.158. The predicted octanol–water partition coefficient (Wildman–Crippen LogP) is 0.707.